The molecule has 0 heterocycles. The van der Waals surface area contributed by atoms with E-state index in [2.05, 4.69) is 0 Å². The van der Waals surface area contributed by atoms with E-state index in [1.165, 1.54) is 0 Å². The van der Waals surface area contributed by atoms with Gasteiger partial charge in [-0.15, -0.1) is 0 Å². The Morgan fingerprint density at radius 3 is 1.43 bits per heavy atom. The summed E-state index contributed by atoms with van der Waals surface area (Å²) in [4.78, 5) is 0. The second-order valence-corrected chi connectivity index (χ2v) is 8.27. The van der Waals surface area contributed by atoms with Gasteiger partial charge in [-0.2, -0.15) is 0 Å². The van der Waals surface area contributed by atoms with E-state index in [-0.39, 0.29) is 6.61 Å². The Morgan fingerprint density at radius 1 is 1.43 bits per heavy atom. The number of halogens is 3. The molecule has 0 atom stereocenters. The summed E-state index contributed by atoms with van der Waals surface area (Å²) in [5.74, 6) is 0. The topological polar surface area (TPSA) is 20.2 Å². The zero-order valence-electron chi connectivity index (χ0n) is 3.79. The van der Waals surface area contributed by atoms with Gasteiger partial charge in [0.05, 0.1) is 0 Å². The van der Waals surface area contributed by atoms with Crippen molar-refractivity contribution in [2.75, 3.05) is 6.61 Å². The van der Waals surface area contributed by atoms with Crippen LogP contribution in [0.4, 0.5) is 0 Å². The van der Waals surface area contributed by atoms with Gasteiger partial charge in [-0.1, -0.05) is 0 Å². The molecule has 0 rings (SSSR count). The Morgan fingerprint density at radius 2 is 1.43 bits per heavy atom. The second-order valence-electron chi connectivity index (χ2n) is 0.531. The van der Waals surface area contributed by atoms with E-state index < -0.39 is 14.7 Å². The van der Waals surface area contributed by atoms with Gasteiger partial charge in [0, 0.05) is 6.61 Å². The average molecular weight is 200 g/mol. The van der Waals surface area contributed by atoms with Gasteiger partial charge >= 0.3 is 42.6 Å². The van der Waals surface area contributed by atoms with Crippen LogP contribution in [0, 0.1) is 0 Å². The molecule has 0 radical (unpaired) electrons. The minimum absolute atomic E-state index is 0.250. The summed E-state index contributed by atoms with van der Waals surface area (Å²) in [6.45, 7) is 1.93. The Balaban J connectivity index is 0. The van der Waals surface area contributed by atoms with Crippen molar-refractivity contribution < 1.29 is 19.8 Å². The van der Waals surface area contributed by atoms with Gasteiger partial charge < -0.3 is 5.11 Å². The Labute approximate surface area is 61.0 Å². The second kappa shape index (κ2) is 10.5. The first-order chi connectivity index (χ1) is 3.15. The molecule has 5 heteroatoms. The molecule has 0 aromatic carbocycles. The Bertz CT molecular complexity index is 24.1. The Kier molecular flexibility index (Phi) is 17.1. The van der Waals surface area contributed by atoms with Crippen molar-refractivity contribution in [1.82, 2.24) is 0 Å². The van der Waals surface area contributed by atoms with Crippen LogP contribution >= 0.6 is 27.9 Å². The van der Waals surface area contributed by atoms with Gasteiger partial charge in [0.15, 0.2) is 0 Å². The summed E-state index contributed by atoms with van der Waals surface area (Å²) in [5, 5.41) is 7.57. The SMILES string of the molecule is CCO.[Cl][Ti]([Cl])[Cl]. The van der Waals surface area contributed by atoms with E-state index in [0.29, 0.717) is 0 Å². The predicted octanol–water partition coefficient (Wildman–Crippen LogP) is 2.06. The molecule has 0 aliphatic heterocycles. The van der Waals surface area contributed by atoms with Crippen LogP contribution in [0.15, 0.2) is 0 Å². The van der Waals surface area contributed by atoms with E-state index >= 15 is 0 Å². The fourth-order valence-corrected chi connectivity index (χ4v) is 0. The van der Waals surface area contributed by atoms with Crippen molar-refractivity contribution in [2.45, 2.75) is 6.92 Å². The van der Waals surface area contributed by atoms with Crippen molar-refractivity contribution in [2.24, 2.45) is 0 Å². The van der Waals surface area contributed by atoms with E-state index in [4.69, 9.17) is 33.0 Å². The summed E-state index contributed by atoms with van der Waals surface area (Å²) < 4.78 is 0. The van der Waals surface area contributed by atoms with Crippen LogP contribution in [0.5, 0.6) is 0 Å². The molecule has 0 bridgehead atoms. The first-order valence-electron chi connectivity index (χ1n) is 1.59. The number of hydrogen-bond donors (Lipinski definition) is 1. The van der Waals surface area contributed by atoms with Crippen LogP contribution in [-0.2, 0) is 14.7 Å². The molecule has 0 spiro atoms. The molecule has 0 aliphatic rings. The summed E-state index contributed by atoms with van der Waals surface area (Å²) in [5.41, 5.74) is 0. The van der Waals surface area contributed by atoms with Gasteiger partial charge in [0.2, 0.25) is 0 Å². The van der Waals surface area contributed by atoms with E-state index in [9.17, 15) is 0 Å². The van der Waals surface area contributed by atoms with Gasteiger partial charge in [0.25, 0.3) is 0 Å². The summed E-state index contributed by atoms with van der Waals surface area (Å²) in [6, 6.07) is 0. The summed E-state index contributed by atoms with van der Waals surface area (Å²) >= 11 is -1.92. The molecule has 0 aliphatic carbocycles. The molecule has 0 unspecified atom stereocenters. The molecule has 7 heavy (non-hydrogen) atoms. The molecule has 0 fully saturated rings. The fraction of sp³-hybridized carbons (Fsp3) is 1.00. The third kappa shape index (κ3) is 97.2. The number of hydrogen-bond acceptors (Lipinski definition) is 1. The molecule has 0 aromatic heterocycles. The zero-order chi connectivity index (χ0) is 6.28. The van der Waals surface area contributed by atoms with Crippen molar-refractivity contribution in [1.29, 1.82) is 0 Å². The van der Waals surface area contributed by atoms with Gasteiger partial charge in [-0.25, -0.2) is 0 Å². The maximum atomic E-state index is 7.57. The van der Waals surface area contributed by atoms with Crippen LogP contribution < -0.4 is 0 Å². The minimum atomic E-state index is -1.92. The van der Waals surface area contributed by atoms with Crippen molar-refractivity contribution >= 4 is 27.9 Å². The van der Waals surface area contributed by atoms with Crippen molar-refractivity contribution in [3.63, 3.8) is 0 Å². The number of aliphatic hydroxyl groups is 1. The third-order valence-corrected chi connectivity index (χ3v) is 0. The van der Waals surface area contributed by atoms with E-state index in [0.717, 1.165) is 0 Å². The van der Waals surface area contributed by atoms with Gasteiger partial charge in [-0.05, 0) is 6.92 Å². The monoisotopic (exact) mass is 199 g/mol. The van der Waals surface area contributed by atoms with Crippen LogP contribution in [0.2, 0.25) is 0 Å². The Hall–Kier alpha value is 1.54. The molecule has 0 saturated heterocycles. The van der Waals surface area contributed by atoms with E-state index in [1.807, 2.05) is 0 Å². The standard InChI is InChI=1S/C2H6O.3ClH.Ti/c1-2-3;;;;/h3H,2H2,1H3;3*1H;/q;;;;+3/p-3. The maximum absolute atomic E-state index is 7.57. The third-order valence-electron chi connectivity index (χ3n) is 0. The molecular weight excluding hydrogens is 194 g/mol. The van der Waals surface area contributed by atoms with Gasteiger partial charge in [-0.3, -0.25) is 0 Å². The molecule has 0 amide bonds. The quantitative estimate of drug-likeness (QED) is 0.593. The summed E-state index contributed by atoms with van der Waals surface area (Å²) in [7, 11) is 14.9. The van der Waals surface area contributed by atoms with Crippen LogP contribution in [0.3, 0.4) is 0 Å². The molecular formula is C2H6Cl3OTi. The molecule has 1 nitrogen and oxygen atoms in total. The van der Waals surface area contributed by atoms with Crippen LogP contribution in [0.1, 0.15) is 6.92 Å². The normalized spacial score (nSPS) is 6.43. The molecule has 0 saturated carbocycles. The predicted molar refractivity (Wildman–Crippen MR) is 30.3 cm³/mol. The first kappa shape index (κ1) is 11.4. The van der Waals surface area contributed by atoms with Gasteiger partial charge in [0.1, 0.15) is 0 Å². The molecule has 0 aromatic rings. The van der Waals surface area contributed by atoms with Crippen molar-refractivity contribution in [3.8, 4) is 0 Å². The van der Waals surface area contributed by atoms with Crippen LogP contribution in [0.25, 0.3) is 0 Å². The molecule has 1 N–H and O–H groups in total. The van der Waals surface area contributed by atoms with E-state index in [1.54, 1.807) is 6.92 Å². The zero-order valence-corrected chi connectivity index (χ0v) is 7.62. The first-order valence-corrected chi connectivity index (χ1v) is 8.04. The number of aliphatic hydroxyl groups excluding tert-OH is 1. The summed E-state index contributed by atoms with van der Waals surface area (Å²) in [6.07, 6.45) is 0. The molecule has 45 valence electrons. The number of rotatable bonds is 0. The average Bonchev–Trinajstić information content (AvgIpc) is 1.33. The van der Waals surface area contributed by atoms with Crippen molar-refractivity contribution in [3.05, 3.63) is 0 Å². The fourth-order valence-electron chi connectivity index (χ4n) is 0. The van der Waals surface area contributed by atoms with Crippen LogP contribution in [-0.4, -0.2) is 11.7 Å².